The molecular weight excluding hydrogens is 527 g/mol. The number of halogens is 1. The second-order valence-corrected chi connectivity index (χ2v) is 12.2. The van der Waals surface area contributed by atoms with Crippen LogP contribution in [0.3, 0.4) is 0 Å². The molecule has 2 aliphatic rings. The minimum atomic E-state index is -3.63. The van der Waals surface area contributed by atoms with Gasteiger partial charge in [0.15, 0.2) is 21.5 Å². The average molecular weight is 555 g/mol. The van der Waals surface area contributed by atoms with Crippen LogP contribution in [-0.4, -0.2) is 43.0 Å². The molecule has 202 valence electrons. The predicted octanol–water partition coefficient (Wildman–Crippen LogP) is 5.14. The van der Waals surface area contributed by atoms with Crippen LogP contribution in [0.4, 0.5) is 4.39 Å². The molecule has 4 aromatic carbocycles. The van der Waals surface area contributed by atoms with Crippen LogP contribution >= 0.6 is 0 Å². The van der Waals surface area contributed by atoms with Gasteiger partial charge in [0.1, 0.15) is 5.82 Å². The second-order valence-electron chi connectivity index (χ2n) is 10.1. The number of rotatable bonds is 7. The van der Waals surface area contributed by atoms with Gasteiger partial charge in [-0.3, -0.25) is 4.79 Å². The summed E-state index contributed by atoms with van der Waals surface area (Å²) in [6.45, 7) is 0.228. The monoisotopic (exact) mass is 554 g/mol. The van der Waals surface area contributed by atoms with E-state index in [0.29, 0.717) is 5.56 Å². The number of fused-ring (bicyclic) bond motifs is 3. The molecular formula is C32H27FN2O4S. The van der Waals surface area contributed by atoms with Gasteiger partial charge in [-0.25, -0.2) is 17.8 Å². The van der Waals surface area contributed by atoms with Crippen LogP contribution in [0.2, 0.25) is 0 Å². The first-order valence-corrected chi connectivity index (χ1v) is 14.7. The number of carbonyl (C=O) groups excluding carboxylic acids is 1. The molecule has 8 heteroatoms. The lowest BCUT2D eigenvalue weighted by Crippen LogP contribution is -2.50. The number of hydrogen-bond donors (Lipinski definition) is 0. The van der Waals surface area contributed by atoms with E-state index in [9.17, 15) is 17.6 Å². The van der Waals surface area contributed by atoms with Gasteiger partial charge < -0.3 is 9.64 Å². The summed E-state index contributed by atoms with van der Waals surface area (Å²) in [5, 5.41) is 0. The molecule has 0 aliphatic carbocycles. The Kier molecular flexibility index (Phi) is 6.72. The molecule has 0 spiro atoms. The van der Waals surface area contributed by atoms with Crippen LogP contribution in [-0.2, 0) is 32.3 Å². The number of ether oxygens (including phenoxy) is 1. The first-order valence-electron chi connectivity index (χ1n) is 13.1. The third kappa shape index (κ3) is 4.79. The first-order chi connectivity index (χ1) is 19.4. The summed E-state index contributed by atoms with van der Waals surface area (Å²) in [6, 6.07) is 31.3. The maximum absolute atomic E-state index is 14.6. The standard InChI is InChI=1S/C32H27FN2O4S/c33-26-17-15-24(16-18-26)30-34-32(21-23-9-3-1-4-10-23)29(39-30)28-14-8-7-11-25(28)22-35(31(32)36)19-20-40(37,38)27-12-5-2-6-13-27/h1-18,29H,19-22H2/t29-,32-/m0/s1. The zero-order valence-corrected chi connectivity index (χ0v) is 22.4. The highest BCUT2D eigenvalue weighted by atomic mass is 32.2. The number of amides is 1. The van der Waals surface area contributed by atoms with E-state index in [0.717, 1.165) is 16.7 Å². The Balaban J connectivity index is 1.45. The molecule has 2 atom stereocenters. The largest absolute Gasteiger partial charge is 0.466 e. The Morgan fingerprint density at radius 1 is 0.875 bits per heavy atom. The fourth-order valence-electron chi connectivity index (χ4n) is 5.44. The Morgan fingerprint density at radius 3 is 2.25 bits per heavy atom. The third-order valence-corrected chi connectivity index (χ3v) is 9.17. The molecule has 2 aliphatic heterocycles. The van der Waals surface area contributed by atoms with E-state index in [1.165, 1.54) is 12.1 Å². The minimum Gasteiger partial charge on any atom is -0.466 e. The molecule has 0 bridgehead atoms. The van der Waals surface area contributed by atoms with Crippen LogP contribution in [0.15, 0.2) is 119 Å². The lowest BCUT2D eigenvalue weighted by atomic mass is 9.81. The Morgan fingerprint density at radius 2 is 1.52 bits per heavy atom. The zero-order chi connectivity index (χ0) is 27.7. The lowest BCUT2D eigenvalue weighted by molar-refractivity contribution is -0.139. The normalized spacial score (nSPS) is 20.2. The highest BCUT2D eigenvalue weighted by Gasteiger charge is 2.56. The highest BCUT2D eigenvalue weighted by Crippen LogP contribution is 2.46. The summed E-state index contributed by atoms with van der Waals surface area (Å²) in [7, 11) is -3.63. The van der Waals surface area contributed by atoms with E-state index < -0.39 is 21.5 Å². The van der Waals surface area contributed by atoms with E-state index in [2.05, 4.69) is 0 Å². The van der Waals surface area contributed by atoms with E-state index >= 15 is 0 Å². The topological polar surface area (TPSA) is 76.0 Å². The van der Waals surface area contributed by atoms with Gasteiger partial charge in [0.05, 0.1) is 10.6 Å². The van der Waals surface area contributed by atoms with E-state index in [1.807, 2.05) is 54.6 Å². The van der Waals surface area contributed by atoms with Crippen molar-refractivity contribution >= 4 is 21.6 Å². The van der Waals surface area contributed by atoms with Gasteiger partial charge in [-0.1, -0.05) is 72.8 Å². The van der Waals surface area contributed by atoms with Crippen molar-refractivity contribution in [2.45, 2.75) is 29.5 Å². The molecule has 40 heavy (non-hydrogen) atoms. The van der Waals surface area contributed by atoms with Gasteiger partial charge in [-0.05, 0) is 47.5 Å². The molecule has 0 saturated carbocycles. The molecule has 0 aromatic heterocycles. The Hall–Kier alpha value is -4.30. The number of benzene rings is 4. The molecule has 0 radical (unpaired) electrons. The summed E-state index contributed by atoms with van der Waals surface area (Å²) in [5.41, 5.74) is 1.76. The minimum absolute atomic E-state index is 0.00490. The van der Waals surface area contributed by atoms with Gasteiger partial charge in [-0.15, -0.1) is 0 Å². The summed E-state index contributed by atoms with van der Waals surface area (Å²) in [5.74, 6) is -0.671. The van der Waals surface area contributed by atoms with Gasteiger partial charge in [0.2, 0.25) is 5.90 Å². The molecule has 1 amide bonds. The SMILES string of the molecule is O=C1N(CCS(=O)(=O)c2ccccc2)Cc2ccccc2[C@@H]2OC(c3ccc(F)cc3)=N[C@]12Cc1ccccc1. The van der Waals surface area contributed by atoms with Gasteiger partial charge in [0, 0.05) is 30.6 Å². The van der Waals surface area contributed by atoms with Crippen LogP contribution in [0.1, 0.15) is 28.4 Å². The number of aliphatic imine (C=N–C) groups is 1. The lowest BCUT2D eigenvalue weighted by Gasteiger charge is -2.32. The van der Waals surface area contributed by atoms with Crippen molar-refractivity contribution in [3.05, 3.63) is 137 Å². The molecule has 2 heterocycles. The summed E-state index contributed by atoms with van der Waals surface area (Å²) < 4.78 is 46.5. The van der Waals surface area contributed by atoms with E-state index in [-0.39, 0.29) is 47.8 Å². The van der Waals surface area contributed by atoms with E-state index in [4.69, 9.17) is 9.73 Å². The Bertz CT molecular complexity index is 1680. The maximum Gasteiger partial charge on any atom is 0.255 e. The first kappa shape index (κ1) is 26.0. The number of sulfone groups is 1. The molecule has 6 rings (SSSR count). The van der Waals surface area contributed by atoms with Crippen molar-refractivity contribution in [1.29, 1.82) is 0 Å². The van der Waals surface area contributed by atoms with Crippen molar-refractivity contribution < 1.29 is 22.3 Å². The van der Waals surface area contributed by atoms with Crippen molar-refractivity contribution in [3.63, 3.8) is 0 Å². The third-order valence-electron chi connectivity index (χ3n) is 7.46. The molecule has 0 unspecified atom stereocenters. The van der Waals surface area contributed by atoms with Crippen molar-refractivity contribution in [2.75, 3.05) is 12.3 Å². The molecule has 0 N–H and O–H groups in total. The van der Waals surface area contributed by atoms with Crippen LogP contribution in [0, 0.1) is 5.82 Å². The number of hydrogen-bond acceptors (Lipinski definition) is 5. The van der Waals surface area contributed by atoms with Crippen molar-refractivity contribution in [3.8, 4) is 0 Å². The second kappa shape index (κ2) is 10.4. The van der Waals surface area contributed by atoms with Crippen LogP contribution in [0.5, 0.6) is 0 Å². The van der Waals surface area contributed by atoms with Crippen LogP contribution < -0.4 is 0 Å². The molecule has 6 nitrogen and oxygen atoms in total. The Labute approximate surface area is 232 Å². The fourth-order valence-corrected chi connectivity index (χ4v) is 6.71. The highest BCUT2D eigenvalue weighted by molar-refractivity contribution is 7.91. The average Bonchev–Trinajstić information content (AvgIpc) is 3.32. The van der Waals surface area contributed by atoms with Gasteiger partial charge in [0.25, 0.3) is 5.91 Å². The summed E-state index contributed by atoms with van der Waals surface area (Å²) >= 11 is 0. The number of carbonyl (C=O) groups is 1. The molecule has 4 aromatic rings. The molecule has 0 saturated heterocycles. The summed E-state index contributed by atoms with van der Waals surface area (Å²) in [6.07, 6.45) is -0.495. The number of nitrogens with zero attached hydrogens (tertiary/aromatic N) is 2. The van der Waals surface area contributed by atoms with Crippen molar-refractivity contribution in [2.24, 2.45) is 4.99 Å². The summed E-state index contributed by atoms with van der Waals surface area (Å²) in [4.78, 5) is 21.4. The van der Waals surface area contributed by atoms with Crippen molar-refractivity contribution in [1.82, 2.24) is 4.90 Å². The van der Waals surface area contributed by atoms with Gasteiger partial charge in [-0.2, -0.15) is 0 Å². The fraction of sp³-hybridized carbons (Fsp3) is 0.188. The van der Waals surface area contributed by atoms with Gasteiger partial charge >= 0.3 is 0 Å². The van der Waals surface area contributed by atoms with E-state index in [1.54, 1.807) is 47.4 Å². The maximum atomic E-state index is 14.6. The zero-order valence-electron chi connectivity index (χ0n) is 21.6. The molecule has 0 fully saturated rings. The smallest absolute Gasteiger partial charge is 0.255 e. The predicted molar refractivity (Wildman–Crippen MR) is 150 cm³/mol. The van der Waals surface area contributed by atoms with Crippen LogP contribution in [0.25, 0.3) is 0 Å². The quantitative estimate of drug-likeness (QED) is 0.317.